The third-order valence-corrected chi connectivity index (χ3v) is 6.67. The molecule has 0 radical (unpaired) electrons. The van der Waals surface area contributed by atoms with Gasteiger partial charge < -0.3 is 24.4 Å². The Balaban J connectivity index is 1.49. The Labute approximate surface area is 177 Å². The van der Waals surface area contributed by atoms with Crippen LogP contribution in [0.25, 0.3) is 0 Å². The third kappa shape index (κ3) is 4.56. The molecule has 3 aliphatic rings. The number of aliphatic hydroxyl groups excluding tert-OH is 1. The number of carbonyl (C=O) groups excluding carboxylic acids is 1. The zero-order valence-electron chi connectivity index (χ0n) is 17.3. The minimum absolute atomic E-state index is 0.0647. The topological polar surface area (TPSA) is 108 Å². The molecule has 3 aliphatic heterocycles. The van der Waals surface area contributed by atoms with Gasteiger partial charge in [0.2, 0.25) is 15.9 Å². The molecule has 0 aromatic heterocycles. The fourth-order valence-corrected chi connectivity index (χ4v) is 5.10. The van der Waals surface area contributed by atoms with Crippen molar-refractivity contribution in [2.24, 2.45) is 0 Å². The molecule has 2 fully saturated rings. The highest BCUT2D eigenvalue weighted by atomic mass is 32.2. The molecule has 0 aliphatic carbocycles. The number of aliphatic hydroxyl groups is 1. The van der Waals surface area contributed by atoms with Crippen molar-refractivity contribution in [2.45, 2.75) is 37.1 Å². The quantitative estimate of drug-likeness (QED) is 0.675. The number of anilines is 1. The summed E-state index contributed by atoms with van der Waals surface area (Å²) in [6, 6.07) is 5.17. The summed E-state index contributed by atoms with van der Waals surface area (Å²) in [4.78, 5) is 16.8. The van der Waals surface area contributed by atoms with Gasteiger partial charge in [-0.25, -0.2) is 8.42 Å². The Morgan fingerprint density at radius 2 is 2.00 bits per heavy atom. The van der Waals surface area contributed by atoms with Crippen LogP contribution in [0, 0.1) is 0 Å². The predicted molar refractivity (Wildman–Crippen MR) is 111 cm³/mol. The van der Waals surface area contributed by atoms with Crippen LogP contribution < -0.4 is 9.46 Å². The molecule has 2 N–H and O–H groups in total. The standard InChI is InChI=1S/C20H29N3O6S/c1-22-5-7-23(8-6-22)19(25)11-14-10-16-15-9-13(21-30(2,26)27)3-4-17(15)29-20(16)18(12-24)28-14/h3-4,9,14,16,18,20-21,24H,5-8,10-12H2,1-2H3/t14-,16-,18+,20+/m0/s1. The van der Waals surface area contributed by atoms with Crippen molar-refractivity contribution in [3.05, 3.63) is 23.8 Å². The summed E-state index contributed by atoms with van der Waals surface area (Å²) in [6.07, 6.45) is 0.740. The van der Waals surface area contributed by atoms with E-state index in [0.717, 1.165) is 24.9 Å². The zero-order valence-corrected chi connectivity index (χ0v) is 18.1. The van der Waals surface area contributed by atoms with Crippen LogP contribution in [0.4, 0.5) is 5.69 Å². The average molecular weight is 440 g/mol. The van der Waals surface area contributed by atoms with E-state index in [1.54, 1.807) is 18.2 Å². The van der Waals surface area contributed by atoms with Gasteiger partial charge in [0, 0.05) is 43.3 Å². The van der Waals surface area contributed by atoms with Crippen molar-refractivity contribution in [1.82, 2.24) is 9.80 Å². The second kappa shape index (κ2) is 8.33. The molecule has 9 nitrogen and oxygen atoms in total. The Morgan fingerprint density at radius 3 is 2.67 bits per heavy atom. The fraction of sp³-hybridized carbons (Fsp3) is 0.650. The molecule has 0 spiro atoms. The van der Waals surface area contributed by atoms with E-state index in [9.17, 15) is 18.3 Å². The van der Waals surface area contributed by atoms with E-state index >= 15 is 0 Å². The van der Waals surface area contributed by atoms with E-state index in [-0.39, 0.29) is 37.1 Å². The van der Waals surface area contributed by atoms with E-state index in [2.05, 4.69) is 9.62 Å². The van der Waals surface area contributed by atoms with Gasteiger partial charge in [0.1, 0.15) is 18.0 Å². The van der Waals surface area contributed by atoms with Crippen LogP contribution >= 0.6 is 0 Å². The Bertz CT molecular complexity index is 900. The third-order valence-electron chi connectivity index (χ3n) is 6.06. The molecular weight excluding hydrogens is 410 g/mol. The highest BCUT2D eigenvalue weighted by molar-refractivity contribution is 7.92. The smallest absolute Gasteiger partial charge is 0.229 e. The molecule has 4 rings (SSSR count). The largest absolute Gasteiger partial charge is 0.487 e. The van der Waals surface area contributed by atoms with Crippen molar-refractivity contribution in [1.29, 1.82) is 0 Å². The first-order valence-corrected chi connectivity index (χ1v) is 12.1. The van der Waals surface area contributed by atoms with Crippen LogP contribution in [0.3, 0.4) is 0 Å². The van der Waals surface area contributed by atoms with Crippen molar-refractivity contribution in [2.75, 3.05) is 50.8 Å². The number of fused-ring (bicyclic) bond motifs is 3. The average Bonchev–Trinajstić information content (AvgIpc) is 3.04. The monoisotopic (exact) mass is 439 g/mol. The lowest BCUT2D eigenvalue weighted by atomic mass is 9.84. The summed E-state index contributed by atoms with van der Waals surface area (Å²) in [5, 5.41) is 9.86. The van der Waals surface area contributed by atoms with Crippen molar-refractivity contribution < 1.29 is 27.8 Å². The van der Waals surface area contributed by atoms with E-state index in [4.69, 9.17) is 9.47 Å². The lowest BCUT2D eigenvalue weighted by Crippen LogP contribution is -2.50. The summed E-state index contributed by atoms with van der Waals surface area (Å²) >= 11 is 0. The van der Waals surface area contributed by atoms with Crippen molar-refractivity contribution in [3.63, 3.8) is 0 Å². The number of nitrogens with zero attached hydrogens (tertiary/aromatic N) is 2. The Morgan fingerprint density at radius 1 is 1.27 bits per heavy atom. The van der Waals surface area contributed by atoms with Gasteiger partial charge in [0.25, 0.3) is 0 Å². The molecule has 10 heteroatoms. The maximum absolute atomic E-state index is 12.8. The number of hydrogen-bond donors (Lipinski definition) is 2. The Kier molecular flexibility index (Phi) is 5.93. The van der Waals surface area contributed by atoms with Gasteiger partial charge in [-0.2, -0.15) is 0 Å². The molecule has 1 aromatic carbocycles. The lowest BCUT2D eigenvalue weighted by Gasteiger charge is -2.38. The molecular formula is C20H29N3O6S. The van der Waals surface area contributed by atoms with Crippen LogP contribution in [-0.2, 0) is 19.6 Å². The van der Waals surface area contributed by atoms with Gasteiger partial charge >= 0.3 is 0 Å². The molecule has 0 bridgehead atoms. The SMILES string of the molecule is CN1CCN(C(=O)C[C@@H]2C[C@H]3c4cc(NS(C)(=O)=O)ccc4O[C@H]3[C@@H](CO)O2)CC1. The predicted octanol–water partition coefficient (Wildman–Crippen LogP) is 0.217. The first-order valence-electron chi connectivity index (χ1n) is 10.2. The van der Waals surface area contributed by atoms with Crippen LogP contribution in [0.2, 0.25) is 0 Å². The van der Waals surface area contributed by atoms with Crippen molar-refractivity contribution >= 4 is 21.6 Å². The molecule has 2 saturated heterocycles. The number of rotatable bonds is 5. The van der Waals surface area contributed by atoms with E-state index < -0.39 is 16.1 Å². The minimum atomic E-state index is -3.39. The van der Waals surface area contributed by atoms with Crippen LogP contribution in [0.5, 0.6) is 5.75 Å². The van der Waals surface area contributed by atoms with Crippen molar-refractivity contribution in [3.8, 4) is 5.75 Å². The zero-order chi connectivity index (χ0) is 21.5. The van der Waals surface area contributed by atoms with E-state index in [1.165, 1.54) is 0 Å². The first kappa shape index (κ1) is 21.4. The van der Waals surface area contributed by atoms with Gasteiger partial charge in [-0.3, -0.25) is 9.52 Å². The van der Waals surface area contributed by atoms with Gasteiger partial charge in [0.15, 0.2) is 0 Å². The van der Waals surface area contributed by atoms with Gasteiger partial charge in [-0.05, 0) is 31.7 Å². The number of likely N-dealkylation sites (N-methyl/N-ethyl adjacent to an activating group) is 1. The second-order valence-corrected chi connectivity index (χ2v) is 10.2. The summed E-state index contributed by atoms with van der Waals surface area (Å²) in [7, 11) is -1.35. The number of sulfonamides is 1. The second-order valence-electron chi connectivity index (χ2n) is 8.42. The maximum atomic E-state index is 12.8. The molecule has 30 heavy (non-hydrogen) atoms. The summed E-state index contributed by atoms with van der Waals surface area (Å²) < 4.78 is 37.7. The number of hydrogen-bond acceptors (Lipinski definition) is 7. The molecule has 0 saturated carbocycles. The number of piperazine rings is 1. The number of amides is 1. The van der Waals surface area contributed by atoms with Crippen LogP contribution in [-0.4, -0.2) is 93.6 Å². The summed E-state index contributed by atoms with van der Waals surface area (Å²) in [5.74, 6) is 0.657. The minimum Gasteiger partial charge on any atom is -0.487 e. The number of carbonyl (C=O) groups is 1. The lowest BCUT2D eigenvalue weighted by molar-refractivity contribution is -0.150. The summed E-state index contributed by atoms with van der Waals surface area (Å²) in [6.45, 7) is 2.94. The normalized spacial score (nSPS) is 29.1. The van der Waals surface area contributed by atoms with E-state index in [1.807, 2.05) is 11.9 Å². The van der Waals surface area contributed by atoms with Crippen LogP contribution in [0.1, 0.15) is 24.3 Å². The molecule has 4 atom stereocenters. The van der Waals surface area contributed by atoms with Gasteiger partial charge in [0.05, 0.1) is 25.4 Å². The maximum Gasteiger partial charge on any atom is 0.229 e. The Hall–Kier alpha value is -1.88. The highest BCUT2D eigenvalue weighted by Crippen LogP contribution is 2.47. The highest BCUT2D eigenvalue weighted by Gasteiger charge is 2.46. The molecule has 1 aromatic rings. The van der Waals surface area contributed by atoms with Gasteiger partial charge in [-0.15, -0.1) is 0 Å². The molecule has 0 unspecified atom stereocenters. The van der Waals surface area contributed by atoms with Crippen LogP contribution in [0.15, 0.2) is 18.2 Å². The molecule has 3 heterocycles. The molecule has 1 amide bonds. The fourth-order valence-electron chi connectivity index (χ4n) is 4.55. The van der Waals surface area contributed by atoms with Gasteiger partial charge in [-0.1, -0.05) is 0 Å². The summed E-state index contributed by atoms with van der Waals surface area (Å²) in [5.41, 5.74) is 1.35. The van der Waals surface area contributed by atoms with E-state index in [0.29, 0.717) is 30.9 Å². The number of ether oxygens (including phenoxy) is 2. The number of nitrogens with one attached hydrogen (secondary N) is 1. The molecule has 166 valence electrons. The number of benzene rings is 1. The first-order chi connectivity index (χ1) is 14.2.